The second kappa shape index (κ2) is 11.8. The second-order valence-electron chi connectivity index (χ2n) is 16.7. The average Bonchev–Trinajstić information content (AvgIpc) is 3.89. The zero-order valence-electron chi connectivity index (χ0n) is 32.7. The van der Waals surface area contributed by atoms with Gasteiger partial charge in [0.1, 0.15) is 0 Å². The van der Waals surface area contributed by atoms with Crippen LogP contribution in [0.1, 0.15) is 25.0 Å². The van der Waals surface area contributed by atoms with Gasteiger partial charge in [-0.25, -0.2) is 0 Å². The molecule has 0 saturated carbocycles. The summed E-state index contributed by atoms with van der Waals surface area (Å²) < 4.78 is 4.89. The van der Waals surface area contributed by atoms with Crippen molar-refractivity contribution in [3.63, 3.8) is 0 Å². The predicted molar refractivity (Wildman–Crippen MR) is 248 cm³/mol. The van der Waals surface area contributed by atoms with Crippen molar-refractivity contribution in [3.05, 3.63) is 199 Å². The summed E-state index contributed by atoms with van der Waals surface area (Å²) in [5.74, 6) is 0. The number of benzene rings is 9. The molecule has 9 aromatic carbocycles. The molecule has 59 heavy (non-hydrogen) atoms. The molecule has 0 radical (unpaired) electrons. The highest BCUT2D eigenvalue weighted by Crippen LogP contribution is 2.57. The number of rotatable bonds is 3. The van der Waals surface area contributed by atoms with Gasteiger partial charge in [0, 0.05) is 50.7 Å². The molecule has 0 saturated heterocycles. The summed E-state index contributed by atoms with van der Waals surface area (Å²) in [5.41, 5.74) is 14.7. The standard InChI is InChI=1S/C56H37N3/c1-56(2)46-25-24-43-40-19-7-6-17-38(40)39-18-8-9-21-42(39)52(43)54(46)55-47(56)26-28-51-53(55)45-33-57-30-29-50(45)59(51)37-23-27-49-44(32-37)41-20-10-11-22-48(41)58(49)36-16-12-15-35(31-36)34-13-4-3-5-14-34/h3-33H,1-2H3. The van der Waals surface area contributed by atoms with Crippen LogP contribution in [0.5, 0.6) is 0 Å². The molecule has 1 aliphatic carbocycles. The number of hydrogen-bond acceptors (Lipinski definition) is 1. The maximum atomic E-state index is 4.78. The van der Waals surface area contributed by atoms with E-state index in [1.54, 1.807) is 0 Å². The van der Waals surface area contributed by atoms with Crippen LogP contribution in [0.2, 0.25) is 0 Å². The van der Waals surface area contributed by atoms with Crippen molar-refractivity contribution in [3.8, 4) is 33.6 Å². The monoisotopic (exact) mass is 751 g/mol. The summed E-state index contributed by atoms with van der Waals surface area (Å²) in [7, 11) is 0. The van der Waals surface area contributed by atoms with Gasteiger partial charge >= 0.3 is 0 Å². The number of aromatic nitrogens is 3. The smallest absolute Gasteiger partial charge is 0.0572 e. The van der Waals surface area contributed by atoms with Gasteiger partial charge in [-0.05, 0) is 114 Å². The molecule has 3 nitrogen and oxygen atoms in total. The molecular formula is C56H37N3. The average molecular weight is 752 g/mol. The van der Waals surface area contributed by atoms with Crippen LogP contribution in [0.3, 0.4) is 0 Å². The van der Waals surface area contributed by atoms with Gasteiger partial charge in [-0.1, -0.05) is 141 Å². The third-order valence-corrected chi connectivity index (χ3v) is 13.4. The zero-order valence-corrected chi connectivity index (χ0v) is 32.7. The van der Waals surface area contributed by atoms with E-state index in [0.29, 0.717) is 0 Å². The molecule has 3 heteroatoms. The molecule has 12 aromatic rings. The Bertz CT molecular complexity index is 3720. The summed E-state index contributed by atoms with van der Waals surface area (Å²) in [5, 5.41) is 12.7. The van der Waals surface area contributed by atoms with Crippen molar-refractivity contribution >= 4 is 75.9 Å². The van der Waals surface area contributed by atoms with E-state index in [2.05, 4.69) is 205 Å². The Morgan fingerprint density at radius 2 is 0.932 bits per heavy atom. The molecule has 3 aromatic heterocycles. The van der Waals surface area contributed by atoms with Crippen LogP contribution in [0.4, 0.5) is 0 Å². The molecule has 0 N–H and O–H groups in total. The minimum Gasteiger partial charge on any atom is -0.309 e. The van der Waals surface area contributed by atoms with E-state index in [1.165, 1.54) is 104 Å². The Morgan fingerprint density at radius 1 is 0.373 bits per heavy atom. The lowest BCUT2D eigenvalue weighted by Gasteiger charge is -2.22. The van der Waals surface area contributed by atoms with E-state index in [4.69, 9.17) is 4.98 Å². The third kappa shape index (κ3) is 4.34. The normalized spacial score (nSPS) is 13.4. The highest BCUT2D eigenvalue weighted by Gasteiger charge is 2.39. The van der Waals surface area contributed by atoms with Crippen molar-refractivity contribution in [1.29, 1.82) is 0 Å². The lowest BCUT2D eigenvalue weighted by molar-refractivity contribution is 0.661. The fraction of sp³-hybridized carbons (Fsp3) is 0.0536. The molecule has 0 amide bonds. The van der Waals surface area contributed by atoms with E-state index < -0.39 is 0 Å². The van der Waals surface area contributed by atoms with Gasteiger partial charge in [0.25, 0.3) is 0 Å². The van der Waals surface area contributed by atoms with Gasteiger partial charge in [-0.2, -0.15) is 0 Å². The molecule has 1 aliphatic rings. The van der Waals surface area contributed by atoms with E-state index in [-0.39, 0.29) is 5.41 Å². The van der Waals surface area contributed by atoms with Gasteiger partial charge in [0.05, 0.1) is 22.1 Å². The topological polar surface area (TPSA) is 22.8 Å². The summed E-state index contributed by atoms with van der Waals surface area (Å²) >= 11 is 0. The first kappa shape index (κ1) is 32.6. The van der Waals surface area contributed by atoms with Crippen molar-refractivity contribution < 1.29 is 0 Å². The second-order valence-corrected chi connectivity index (χ2v) is 16.7. The highest BCUT2D eigenvalue weighted by atomic mass is 15.0. The lowest BCUT2D eigenvalue weighted by Crippen LogP contribution is -2.14. The minimum atomic E-state index is -0.186. The van der Waals surface area contributed by atoms with Crippen LogP contribution >= 0.6 is 0 Å². The van der Waals surface area contributed by atoms with E-state index in [1.807, 2.05) is 6.20 Å². The maximum Gasteiger partial charge on any atom is 0.0572 e. The fourth-order valence-corrected chi connectivity index (χ4v) is 10.8. The molecule has 0 atom stereocenters. The van der Waals surface area contributed by atoms with Crippen LogP contribution in [0.25, 0.3) is 110 Å². The predicted octanol–water partition coefficient (Wildman–Crippen LogP) is 14.7. The molecule has 3 heterocycles. The molecule has 0 aliphatic heterocycles. The lowest BCUT2D eigenvalue weighted by atomic mass is 9.81. The molecular weight excluding hydrogens is 715 g/mol. The molecule has 0 bridgehead atoms. The molecule has 0 spiro atoms. The first-order valence-electron chi connectivity index (χ1n) is 20.5. The first-order valence-corrected chi connectivity index (χ1v) is 20.5. The number of hydrogen-bond donors (Lipinski definition) is 0. The van der Waals surface area contributed by atoms with E-state index >= 15 is 0 Å². The summed E-state index contributed by atoms with van der Waals surface area (Å²) in [6.07, 6.45) is 4.02. The minimum absolute atomic E-state index is 0.186. The third-order valence-electron chi connectivity index (χ3n) is 13.4. The van der Waals surface area contributed by atoms with Crippen molar-refractivity contribution in [2.24, 2.45) is 0 Å². The van der Waals surface area contributed by atoms with E-state index in [9.17, 15) is 0 Å². The number of para-hydroxylation sites is 1. The highest BCUT2D eigenvalue weighted by molar-refractivity contribution is 6.31. The summed E-state index contributed by atoms with van der Waals surface area (Å²) in [6.45, 7) is 4.80. The van der Waals surface area contributed by atoms with Crippen LogP contribution in [-0.2, 0) is 5.41 Å². The fourth-order valence-electron chi connectivity index (χ4n) is 10.8. The van der Waals surface area contributed by atoms with Crippen LogP contribution in [-0.4, -0.2) is 14.1 Å². The summed E-state index contributed by atoms with van der Waals surface area (Å²) in [4.78, 5) is 4.78. The SMILES string of the molecule is CC1(C)c2ccc3c4ccccc4c4ccccc4c3c2-c2c1ccc1c2c2cnccc2n1-c1ccc2c(c1)c1ccccc1n2-c1cccc(-c2ccccc2)c1. The Kier molecular flexibility index (Phi) is 6.51. The number of nitrogens with zero attached hydrogens (tertiary/aromatic N) is 3. The quantitative estimate of drug-likeness (QED) is 0.165. The Balaban J connectivity index is 1.10. The molecule has 0 fully saturated rings. The Hall–Kier alpha value is -7.49. The molecule has 13 rings (SSSR count). The number of fused-ring (bicyclic) bond motifs is 17. The van der Waals surface area contributed by atoms with Crippen LogP contribution in [0.15, 0.2) is 188 Å². The van der Waals surface area contributed by atoms with Crippen LogP contribution in [0, 0.1) is 0 Å². The Labute approximate surface area is 341 Å². The van der Waals surface area contributed by atoms with Crippen molar-refractivity contribution in [2.75, 3.05) is 0 Å². The van der Waals surface area contributed by atoms with Crippen LogP contribution < -0.4 is 0 Å². The van der Waals surface area contributed by atoms with Gasteiger partial charge in [0.15, 0.2) is 0 Å². The van der Waals surface area contributed by atoms with Crippen molar-refractivity contribution in [2.45, 2.75) is 19.3 Å². The largest absolute Gasteiger partial charge is 0.309 e. The number of pyridine rings is 1. The Morgan fingerprint density at radius 3 is 1.73 bits per heavy atom. The van der Waals surface area contributed by atoms with Gasteiger partial charge < -0.3 is 9.13 Å². The maximum absolute atomic E-state index is 4.78. The molecule has 276 valence electrons. The van der Waals surface area contributed by atoms with Gasteiger partial charge in [-0.15, -0.1) is 0 Å². The van der Waals surface area contributed by atoms with E-state index in [0.717, 1.165) is 16.9 Å². The van der Waals surface area contributed by atoms with Gasteiger partial charge in [0.2, 0.25) is 0 Å². The zero-order chi connectivity index (χ0) is 39.0. The summed E-state index contributed by atoms with van der Waals surface area (Å²) in [6, 6.07) is 65.0. The van der Waals surface area contributed by atoms with Gasteiger partial charge in [-0.3, -0.25) is 4.98 Å². The molecule has 0 unspecified atom stereocenters. The first-order chi connectivity index (χ1) is 29.1. The van der Waals surface area contributed by atoms with Crippen molar-refractivity contribution in [1.82, 2.24) is 14.1 Å².